The van der Waals surface area contributed by atoms with Crippen LogP contribution in [0, 0.1) is 0 Å². The number of benzene rings is 1. The summed E-state index contributed by atoms with van der Waals surface area (Å²) >= 11 is 0. The molecule has 0 heterocycles. The molecule has 1 rings (SSSR count). The van der Waals surface area contributed by atoms with Crippen molar-refractivity contribution >= 4 is 18.0 Å². The minimum Gasteiger partial charge on any atom is -0.496 e. The molecule has 0 saturated carbocycles. The Hall–Kier alpha value is -2.30. The summed E-state index contributed by atoms with van der Waals surface area (Å²) in [5.41, 5.74) is 5.83. The first kappa shape index (κ1) is 12.8. The van der Waals surface area contributed by atoms with Gasteiger partial charge in [0.2, 0.25) is 5.91 Å². The van der Waals surface area contributed by atoms with Crippen molar-refractivity contribution in [1.29, 1.82) is 0 Å². The van der Waals surface area contributed by atoms with E-state index in [0.29, 0.717) is 11.3 Å². The summed E-state index contributed by atoms with van der Waals surface area (Å²) < 4.78 is 5.06. The van der Waals surface area contributed by atoms with Crippen LogP contribution in [0.15, 0.2) is 24.3 Å². The average Bonchev–Trinajstić information content (AvgIpc) is 2.28. The molecular formula is C12H13NO4. The fourth-order valence-electron chi connectivity index (χ4n) is 1.28. The summed E-state index contributed by atoms with van der Waals surface area (Å²) in [6.07, 6.45) is 3.39. The zero-order valence-corrected chi connectivity index (χ0v) is 9.34. The molecule has 5 nitrogen and oxygen atoms in total. The first-order valence-corrected chi connectivity index (χ1v) is 4.90. The molecule has 1 aromatic carbocycles. The van der Waals surface area contributed by atoms with Crippen LogP contribution >= 0.6 is 0 Å². The lowest BCUT2D eigenvalue weighted by Crippen LogP contribution is -2.07. The van der Waals surface area contributed by atoms with Gasteiger partial charge in [-0.1, -0.05) is 18.2 Å². The van der Waals surface area contributed by atoms with Gasteiger partial charge in [0.25, 0.3) is 0 Å². The third kappa shape index (κ3) is 3.64. The van der Waals surface area contributed by atoms with Crippen molar-refractivity contribution in [2.24, 2.45) is 5.73 Å². The van der Waals surface area contributed by atoms with Crippen molar-refractivity contribution in [3.8, 4) is 5.75 Å². The highest BCUT2D eigenvalue weighted by Gasteiger charge is 2.06. The fourth-order valence-corrected chi connectivity index (χ4v) is 1.28. The Balaban J connectivity index is 2.96. The number of carbonyl (C=O) groups is 2. The number of carbonyl (C=O) groups excluding carboxylic acids is 1. The molecule has 0 aromatic heterocycles. The summed E-state index contributed by atoms with van der Waals surface area (Å²) in [4.78, 5) is 21.3. The maximum atomic E-state index is 10.7. The molecule has 0 unspecified atom stereocenters. The maximum Gasteiger partial charge on any atom is 0.335 e. The number of rotatable bonds is 5. The van der Waals surface area contributed by atoms with Crippen LogP contribution in [0.4, 0.5) is 0 Å². The van der Waals surface area contributed by atoms with Gasteiger partial charge in [-0.3, -0.25) is 4.79 Å². The van der Waals surface area contributed by atoms with E-state index in [9.17, 15) is 9.59 Å². The molecular weight excluding hydrogens is 222 g/mol. The Bertz CT molecular complexity index is 466. The first-order valence-electron chi connectivity index (χ1n) is 4.90. The Morgan fingerprint density at radius 2 is 2.18 bits per heavy atom. The van der Waals surface area contributed by atoms with Gasteiger partial charge in [-0.25, -0.2) is 4.79 Å². The summed E-state index contributed by atoms with van der Waals surface area (Å²) in [6, 6.07) is 4.50. The molecule has 17 heavy (non-hydrogen) atoms. The number of primary amides is 1. The molecule has 0 aliphatic carbocycles. The number of carboxylic acid groups (broad SMARTS) is 1. The molecule has 1 aromatic rings. The van der Waals surface area contributed by atoms with Crippen LogP contribution in [0.3, 0.4) is 0 Å². The average molecular weight is 235 g/mol. The second kappa shape index (κ2) is 5.69. The van der Waals surface area contributed by atoms with Crippen LogP contribution in [0.5, 0.6) is 5.75 Å². The summed E-state index contributed by atoms with van der Waals surface area (Å²) in [7, 11) is 1.45. The Morgan fingerprint density at radius 3 is 2.71 bits per heavy atom. The minimum absolute atomic E-state index is 0.129. The van der Waals surface area contributed by atoms with Crippen molar-refractivity contribution in [1.82, 2.24) is 0 Å². The van der Waals surface area contributed by atoms with Crippen molar-refractivity contribution in [3.05, 3.63) is 35.4 Å². The monoisotopic (exact) mass is 235 g/mol. The van der Waals surface area contributed by atoms with Crippen molar-refractivity contribution in [2.45, 2.75) is 6.42 Å². The van der Waals surface area contributed by atoms with Crippen LogP contribution in [0.2, 0.25) is 0 Å². The predicted molar refractivity (Wildman–Crippen MR) is 62.8 cm³/mol. The largest absolute Gasteiger partial charge is 0.496 e. The second-order valence-corrected chi connectivity index (χ2v) is 3.33. The normalized spacial score (nSPS) is 10.4. The van der Waals surface area contributed by atoms with E-state index in [2.05, 4.69) is 0 Å². The highest BCUT2D eigenvalue weighted by molar-refractivity contribution is 5.88. The van der Waals surface area contributed by atoms with Gasteiger partial charge >= 0.3 is 5.97 Å². The lowest BCUT2D eigenvalue weighted by atomic mass is 10.1. The van der Waals surface area contributed by atoms with E-state index in [0.717, 1.165) is 0 Å². The van der Waals surface area contributed by atoms with Crippen LogP contribution in [0.1, 0.15) is 22.3 Å². The summed E-state index contributed by atoms with van der Waals surface area (Å²) in [5, 5.41) is 8.81. The van der Waals surface area contributed by atoms with Gasteiger partial charge in [0.1, 0.15) is 5.75 Å². The van der Waals surface area contributed by atoms with Crippen LogP contribution in [-0.2, 0) is 4.79 Å². The molecule has 3 N–H and O–H groups in total. The smallest absolute Gasteiger partial charge is 0.335 e. The van der Waals surface area contributed by atoms with Crippen LogP contribution in [0.25, 0.3) is 6.08 Å². The minimum atomic E-state index is -1.02. The third-order valence-electron chi connectivity index (χ3n) is 2.10. The predicted octanol–water partition coefficient (Wildman–Crippen LogP) is 1.28. The number of hydrogen-bond acceptors (Lipinski definition) is 3. The number of carboxylic acids is 1. The number of methoxy groups -OCH3 is 1. The summed E-state index contributed by atoms with van der Waals surface area (Å²) in [6.45, 7) is 0. The van der Waals surface area contributed by atoms with Crippen molar-refractivity contribution < 1.29 is 19.4 Å². The lowest BCUT2D eigenvalue weighted by molar-refractivity contribution is -0.117. The van der Waals surface area contributed by atoms with E-state index >= 15 is 0 Å². The molecule has 90 valence electrons. The molecule has 1 amide bonds. The molecule has 0 atom stereocenters. The molecule has 0 bridgehead atoms. The second-order valence-electron chi connectivity index (χ2n) is 3.33. The van der Waals surface area contributed by atoms with E-state index in [1.807, 2.05) is 0 Å². The first-order chi connectivity index (χ1) is 8.04. The number of hydrogen-bond donors (Lipinski definition) is 2. The van der Waals surface area contributed by atoms with Crippen molar-refractivity contribution in [2.75, 3.05) is 7.11 Å². The molecule has 0 radical (unpaired) electrons. The molecule has 5 heteroatoms. The van der Waals surface area contributed by atoms with Crippen LogP contribution < -0.4 is 10.5 Å². The number of ether oxygens (including phenoxy) is 1. The van der Waals surface area contributed by atoms with E-state index in [1.54, 1.807) is 18.2 Å². The molecule has 0 aliphatic rings. The van der Waals surface area contributed by atoms with Gasteiger partial charge in [0.05, 0.1) is 12.7 Å². The fraction of sp³-hybridized carbons (Fsp3) is 0.167. The molecule has 0 spiro atoms. The topological polar surface area (TPSA) is 89.6 Å². The lowest BCUT2D eigenvalue weighted by Gasteiger charge is -2.05. The van der Waals surface area contributed by atoms with Gasteiger partial charge in [-0.2, -0.15) is 0 Å². The molecule has 0 saturated heterocycles. The van der Waals surface area contributed by atoms with Gasteiger partial charge < -0.3 is 15.6 Å². The van der Waals surface area contributed by atoms with E-state index in [1.165, 1.54) is 19.2 Å². The zero-order chi connectivity index (χ0) is 12.8. The van der Waals surface area contributed by atoms with E-state index < -0.39 is 11.9 Å². The van der Waals surface area contributed by atoms with E-state index in [-0.39, 0.29) is 12.0 Å². The van der Waals surface area contributed by atoms with Crippen molar-refractivity contribution in [3.63, 3.8) is 0 Å². The Labute approximate surface area is 98.5 Å². The highest BCUT2D eigenvalue weighted by Crippen LogP contribution is 2.21. The third-order valence-corrected chi connectivity index (χ3v) is 2.10. The SMILES string of the molecule is COc1cc(C(=O)O)ccc1C=CCC(N)=O. The van der Waals surface area contributed by atoms with Gasteiger partial charge in [-0.15, -0.1) is 0 Å². The molecule has 0 fully saturated rings. The maximum absolute atomic E-state index is 10.7. The van der Waals surface area contributed by atoms with Crippen LogP contribution in [-0.4, -0.2) is 24.1 Å². The van der Waals surface area contributed by atoms with Gasteiger partial charge in [0, 0.05) is 12.0 Å². The summed E-state index contributed by atoms with van der Waals surface area (Å²) in [5.74, 6) is -1.01. The Kier molecular flexibility index (Phi) is 4.28. The van der Waals surface area contributed by atoms with Gasteiger partial charge in [0.15, 0.2) is 0 Å². The van der Waals surface area contributed by atoms with Gasteiger partial charge in [-0.05, 0) is 12.1 Å². The zero-order valence-electron chi connectivity index (χ0n) is 9.34. The Morgan fingerprint density at radius 1 is 1.47 bits per heavy atom. The number of amides is 1. The number of aromatic carboxylic acids is 1. The highest BCUT2D eigenvalue weighted by atomic mass is 16.5. The molecule has 0 aliphatic heterocycles. The van der Waals surface area contributed by atoms with E-state index in [4.69, 9.17) is 15.6 Å². The quantitative estimate of drug-likeness (QED) is 0.804. The standard InChI is InChI=1S/C12H13NO4/c1-17-10-7-9(12(15)16)6-5-8(10)3-2-4-11(13)14/h2-3,5-7H,4H2,1H3,(H2,13,14)(H,15,16). The number of nitrogens with two attached hydrogens (primary N) is 1.